The average Bonchev–Trinajstić information content (AvgIpc) is 2.86. The van der Waals surface area contributed by atoms with Crippen LogP contribution in [0.4, 0.5) is 0 Å². The minimum absolute atomic E-state index is 0.242. The van der Waals surface area contributed by atoms with E-state index in [1.165, 1.54) is 6.33 Å². The molecule has 5 nitrogen and oxygen atoms in total. The van der Waals surface area contributed by atoms with Gasteiger partial charge in [0.05, 0.1) is 5.69 Å². The van der Waals surface area contributed by atoms with Crippen molar-refractivity contribution in [3.8, 4) is 28.8 Å². The van der Waals surface area contributed by atoms with Crippen LogP contribution in [0, 0.1) is 11.3 Å². The van der Waals surface area contributed by atoms with Crippen LogP contribution in [-0.2, 0) is 0 Å². The van der Waals surface area contributed by atoms with Gasteiger partial charge < -0.3 is 9.47 Å². The lowest BCUT2D eigenvalue weighted by atomic mass is 10.1. The molecule has 82 valence electrons. The van der Waals surface area contributed by atoms with Crippen molar-refractivity contribution in [1.29, 1.82) is 5.26 Å². The number of benzene rings is 1. The van der Waals surface area contributed by atoms with Gasteiger partial charge in [-0.15, -0.1) is 0 Å². The Hall–Kier alpha value is -2.61. The van der Waals surface area contributed by atoms with Crippen LogP contribution in [0.1, 0.15) is 5.69 Å². The third-order valence-electron chi connectivity index (χ3n) is 2.45. The molecule has 0 spiro atoms. The molecule has 0 unspecified atom stereocenters. The number of aromatic nitrogens is 2. The van der Waals surface area contributed by atoms with Crippen LogP contribution in [0.3, 0.4) is 0 Å². The highest BCUT2D eigenvalue weighted by Crippen LogP contribution is 2.35. The maximum absolute atomic E-state index is 8.78. The van der Waals surface area contributed by atoms with Gasteiger partial charge in [-0.25, -0.2) is 9.97 Å². The first kappa shape index (κ1) is 9.60. The molecule has 2 aromatic rings. The van der Waals surface area contributed by atoms with E-state index in [0.29, 0.717) is 17.1 Å². The third kappa shape index (κ3) is 1.66. The van der Waals surface area contributed by atoms with Gasteiger partial charge in [0, 0.05) is 11.6 Å². The van der Waals surface area contributed by atoms with E-state index < -0.39 is 0 Å². The number of hydrogen-bond acceptors (Lipinski definition) is 5. The average molecular weight is 225 g/mol. The summed E-state index contributed by atoms with van der Waals surface area (Å²) >= 11 is 0. The first-order valence-corrected chi connectivity index (χ1v) is 4.99. The predicted molar refractivity (Wildman–Crippen MR) is 58.3 cm³/mol. The van der Waals surface area contributed by atoms with Crippen LogP contribution in [0.25, 0.3) is 11.3 Å². The van der Waals surface area contributed by atoms with Crippen molar-refractivity contribution in [2.75, 3.05) is 6.79 Å². The quantitative estimate of drug-likeness (QED) is 0.739. The summed E-state index contributed by atoms with van der Waals surface area (Å²) < 4.78 is 10.5. The van der Waals surface area contributed by atoms with Gasteiger partial charge in [-0.1, -0.05) is 0 Å². The molecule has 0 fully saturated rings. The molecule has 1 aromatic carbocycles. The van der Waals surface area contributed by atoms with E-state index in [2.05, 4.69) is 9.97 Å². The van der Waals surface area contributed by atoms with Crippen LogP contribution in [-0.4, -0.2) is 16.8 Å². The summed E-state index contributed by atoms with van der Waals surface area (Å²) in [6.45, 7) is 0.242. The molecule has 0 bridgehead atoms. The van der Waals surface area contributed by atoms with Crippen molar-refractivity contribution in [3.05, 3.63) is 36.3 Å². The smallest absolute Gasteiger partial charge is 0.231 e. The second kappa shape index (κ2) is 3.76. The zero-order chi connectivity index (χ0) is 11.7. The maximum Gasteiger partial charge on any atom is 0.231 e. The van der Waals surface area contributed by atoms with Gasteiger partial charge in [-0.2, -0.15) is 5.26 Å². The van der Waals surface area contributed by atoms with Gasteiger partial charge in [-0.05, 0) is 18.2 Å². The van der Waals surface area contributed by atoms with Crippen LogP contribution in [0.2, 0.25) is 0 Å². The second-order valence-electron chi connectivity index (χ2n) is 3.47. The van der Waals surface area contributed by atoms with Gasteiger partial charge >= 0.3 is 0 Å². The zero-order valence-electron chi connectivity index (χ0n) is 8.75. The van der Waals surface area contributed by atoms with E-state index in [4.69, 9.17) is 14.7 Å². The number of ether oxygens (including phenoxy) is 2. The molecule has 0 N–H and O–H groups in total. The maximum atomic E-state index is 8.78. The molecule has 2 heterocycles. The first-order chi connectivity index (χ1) is 8.36. The molecule has 0 aliphatic carbocycles. The normalized spacial score (nSPS) is 12.2. The number of nitrogens with zero attached hydrogens (tertiary/aromatic N) is 3. The molecule has 1 aromatic heterocycles. The summed E-state index contributed by atoms with van der Waals surface area (Å²) in [7, 11) is 0. The predicted octanol–water partition coefficient (Wildman–Crippen LogP) is 1.74. The second-order valence-corrected chi connectivity index (χ2v) is 3.47. The largest absolute Gasteiger partial charge is 0.454 e. The zero-order valence-corrected chi connectivity index (χ0v) is 8.75. The Morgan fingerprint density at radius 2 is 2.00 bits per heavy atom. The number of fused-ring (bicyclic) bond motifs is 1. The molecule has 0 radical (unpaired) electrons. The summed E-state index contributed by atoms with van der Waals surface area (Å²) in [6.07, 6.45) is 1.37. The number of hydrogen-bond donors (Lipinski definition) is 0. The third-order valence-corrected chi connectivity index (χ3v) is 2.45. The van der Waals surface area contributed by atoms with E-state index >= 15 is 0 Å². The topological polar surface area (TPSA) is 68.0 Å². The molecular formula is C12H7N3O2. The summed E-state index contributed by atoms with van der Waals surface area (Å²) in [6, 6.07) is 9.16. The number of rotatable bonds is 1. The van der Waals surface area contributed by atoms with Crippen LogP contribution < -0.4 is 9.47 Å². The molecular weight excluding hydrogens is 218 g/mol. The van der Waals surface area contributed by atoms with Gasteiger partial charge in [0.1, 0.15) is 18.1 Å². The lowest BCUT2D eigenvalue weighted by molar-refractivity contribution is 0.174. The lowest BCUT2D eigenvalue weighted by Crippen LogP contribution is -1.93. The molecule has 3 rings (SSSR count). The molecule has 1 aliphatic rings. The van der Waals surface area contributed by atoms with Gasteiger partial charge in [-0.3, -0.25) is 0 Å². The molecule has 17 heavy (non-hydrogen) atoms. The van der Waals surface area contributed by atoms with E-state index in [1.807, 2.05) is 24.3 Å². The molecule has 0 saturated heterocycles. The Balaban J connectivity index is 2.07. The highest BCUT2D eigenvalue weighted by Gasteiger charge is 2.14. The highest BCUT2D eigenvalue weighted by molar-refractivity contribution is 5.64. The van der Waals surface area contributed by atoms with Gasteiger partial charge in [0.2, 0.25) is 6.79 Å². The summed E-state index contributed by atoms with van der Waals surface area (Å²) in [5.74, 6) is 1.42. The molecule has 0 amide bonds. The van der Waals surface area contributed by atoms with E-state index in [1.54, 1.807) is 6.07 Å². The van der Waals surface area contributed by atoms with Crippen LogP contribution in [0.5, 0.6) is 11.5 Å². The van der Waals surface area contributed by atoms with Crippen molar-refractivity contribution in [2.45, 2.75) is 0 Å². The highest BCUT2D eigenvalue weighted by atomic mass is 16.7. The summed E-state index contributed by atoms with van der Waals surface area (Å²) in [4.78, 5) is 7.95. The van der Waals surface area contributed by atoms with Gasteiger partial charge in [0.15, 0.2) is 11.5 Å². The molecule has 1 aliphatic heterocycles. The number of nitriles is 1. The van der Waals surface area contributed by atoms with Gasteiger partial charge in [0.25, 0.3) is 0 Å². The van der Waals surface area contributed by atoms with E-state index in [9.17, 15) is 0 Å². The van der Waals surface area contributed by atoms with E-state index in [-0.39, 0.29) is 6.79 Å². The first-order valence-electron chi connectivity index (χ1n) is 4.99. The molecule has 0 atom stereocenters. The summed E-state index contributed by atoms with van der Waals surface area (Å²) in [5, 5.41) is 8.78. The Bertz CT molecular complexity index is 619. The van der Waals surface area contributed by atoms with E-state index in [0.717, 1.165) is 11.3 Å². The lowest BCUT2D eigenvalue weighted by Gasteiger charge is -2.02. The molecule has 0 saturated carbocycles. The fraction of sp³-hybridized carbons (Fsp3) is 0.0833. The standard InChI is InChI=1S/C12H7N3O2/c13-5-9-4-10(15-6-14-9)8-1-2-11-12(3-8)17-7-16-11/h1-4,6H,7H2. The van der Waals surface area contributed by atoms with Crippen molar-refractivity contribution in [1.82, 2.24) is 9.97 Å². The fourth-order valence-corrected chi connectivity index (χ4v) is 1.63. The minimum atomic E-state index is 0.242. The van der Waals surface area contributed by atoms with Crippen molar-refractivity contribution in [3.63, 3.8) is 0 Å². The van der Waals surface area contributed by atoms with Crippen molar-refractivity contribution < 1.29 is 9.47 Å². The SMILES string of the molecule is N#Cc1cc(-c2ccc3c(c2)OCO3)ncn1. The summed E-state index contributed by atoms with van der Waals surface area (Å²) in [5.41, 5.74) is 1.90. The van der Waals surface area contributed by atoms with Crippen LogP contribution in [0.15, 0.2) is 30.6 Å². The Morgan fingerprint density at radius 3 is 2.88 bits per heavy atom. The van der Waals surface area contributed by atoms with Crippen molar-refractivity contribution in [2.24, 2.45) is 0 Å². The fourth-order valence-electron chi connectivity index (χ4n) is 1.63. The Morgan fingerprint density at radius 1 is 1.12 bits per heavy atom. The van der Waals surface area contributed by atoms with Crippen LogP contribution >= 0.6 is 0 Å². The monoisotopic (exact) mass is 225 g/mol. The van der Waals surface area contributed by atoms with Crippen molar-refractivity contribution >= 4 is 0 Å². The minimum Gasteiger partial charge on any atom is -0.454 e. The Labute approximate surface area is 97.3 Å². The Kier molecular flexibility index (Phi) is 2.12. The molecule has 5 heteroatoms.